The predicted octanol–water partition coefficient (Wildman–Crippen LogP) is 2.75. The van der Waals surface area contributed by atoms with Crippen molar-refractivity contribution >= 4 is 23.5 Å². The molecule has 0 atom stereocenters. The van der Waals surface area contributed by atoms with E-state index in [0.717, 1.165) is 11.3 Å². The second kappa shape index (κ2) is 8.81. The summed E-state index contributed by atoms with van der Waals surface area (Å²) in [6, 6.07) is 16.4. The highest BCUT2D eigenvalue weighted by molar-refractivity contribution is 5.95. The number of benzene rings is 2. The van der Waals surface area contributed by atoms with Crippen molar-refractivity contribution in [2.45, 2.75) is 24.4 Å². The molecule has 2 aromatic carbocycles. The molecule has 1 saturated carbocycles. The van der Waals surface area contributed by atoms with Crippen LogP contribution in [0.4, 0.5) is 11.6 Å². The quantitative estimate of drug-likeness (QED) is 0.544. The van der Waals surface area contributed by atoms with Crippen molar-refractivity contribution in [3.63, 3.8) is 0 Å². The number of amides is 2. The first kappa shape index (κ1) is 22.5. The molecule has 35 heavy (non-hydrogen) atoms. The summed E-state index contributed by atoms with van der Waals surface area (Å²) in [7, 11) is 1.65. The van der Waals surface area contributed by atoms with Crippen LogP contribution in [0.3, 0.4) is 0 Å². The minimum absolute atomic E-state index is 0.0239. The number of carbonyl (C=O) groups excluding carboxylic acids is 2. The molecule has 0 spiro atoms. The number of anilines is 2. The Morgan fingerprint density at radius 1 is 1.17 bits per heavy atom. The maximum atomic E-state index is 12.5. The lowest BCUT2D eigenvalue weighted by molar-refractivity contribution is -0.120. The first-order valence-corrected chi connectivity index (χ1v) is 11.3. The maximum Gasteiger partial charge on any atom is 0.254 e. The number of rotatable bonds is 7. The fourth-order valence-electron chi connectivity index (χ4n) is 4.33. The largest absolute Gasteiger partial charge is 0.378 e. The van der Waals surface area contributed by atoms with Gasteiger partial charge in [0.2, 0.25) is 11.9 Å². The Hall–Kier alpha value is -4.29. The third-order valence-electron chi connectivity index (χ3n) is 6.69. The van der Waals surface area contributed by atoms with Gasteiger partial charge < -0.3 is 20.7 Å². The number of methoxy groups -OCH3 is 1. The lowest BCUT2D eigenvalue weighted by atomic mass is 9.89. The summed E-state index contributed by atoms with van der Waals surface area (Å²) in [5.41, 5.74) is 8.67. The fourth-order valence-corrected chi connectivity index (χ4v) is 4.33. The maximum absolute atomic E-state index is 12.5. The van der Waals surface area contributed by atoms with Crippen LogP contribution < -0.4 is 11.1 Å². The van der Waals surface area contributed by atoms with Crippen LogP contribution in [0.5, 0.6) is 0 Å². The van der Waals surface area contributed by atoms with E-state index in [9.17, 15) is 14.9 Å². The van der Waals surface area contributed by atoms with E-state index in [-0.39, 0.29) is 12.0 Å². The van der Waals surface area contributed by atoms with Gasteiger partial charge in [-0.3, -0.25) is 9.59 Å². The molecule has 1 aliphatic carbocycles. The summed E-state index contributed by atoms with van der Waals surface area (Å²) in [5.74, 6) is -0.0400. The van der Waals surface area contributed by atoms with E-state index in [1.807, 2.05) is 6.07 Å². The summed E-state index contributed by atoms with van der Waals surface area (Å²) in [6.07, 6.45) is 3.06. The van der Waals surface area contributed by atoms with Crippen LogP contribution in [0.25, 0.3) is 11.3 Å². The van der Waals surface area contributed by atoms with Crippen molar-refractivity contribution in [3.05, 3.63) is 71.4 Å². The van der Waals surface area contributed by atoms with E-state index < -0.39 is 11.3 Å². The number of likely N-dealkylation sites (tertiary alicyclic amines) is 1. The Kier molecular flexibility index (Phi) is 5.67. The number of primary amides is 1. The predicted molar refractivity (Wildman–Crippen MR) is 129 cm³/mol. The highest BCUT2D eigenvalue weighted by Gasteiger charge is 2.51. The SMILES string of the molecule is COC1CN(C(=O)c2ccc(Nc3nccc(-c4ccc(C5(C(N)=O)CC5)c(C#N)c4)n3)cc2)C1. The summed E-state index contributed by atoms with van der Waals surface area (Å²) in [5, 5.41) is 12.8. The van der Waals surface area contributed by atoms with Gasteiger partial charge in [0, 0.05) is 43.2 Å². The number of nitrogens with zero attached hydrogens (tertiary/aromatic N) is 4. The molecule has 9 heteroatoms. The topological polar surface area (TPSA) is 134 Å². The van der Waals surface area contributed by atoms with Gasteiger partial charge >= 0.3 is 0 Å². The second-order valence-electron chi connectivity index (χ2n) is 8.85. The van der Waals surface area contributed by atoms with E-state index in [1.54, 1.807) is 60.7 Å². The first-order valence-electron chi connectivity index (χ1n) is 11.3. The third-order valence-corrected chi connectivity index (χ3v) is 6.69. The summed E-state index contributed by atoms with van der Waals surface area (Å²) < 4.78 is 5.22. The molecule has 3 aromatic rings. The molecule has 176 valence electrons. The zero-order chi connectivity index (χ0) is 24.6. The number of hydrogen-bond acceptors (Lipinski definition) is 7. The van der Waals surface area contributed by atoms with Gasteiger partial charge in [0.15, 0.2) is 0 Å². The molecule has 0 unspecified atom stereocenters. The molecule has 0 bridgehead atoms. The Balaban J connectivity index is 1.31. The Morgan fingerprint density at radius 3 is 2.54 bits per heavy atom. The molecule has 1 saturated heterocycles. The monoisotopic (exact) mass is 468 g/mol. The van der Waals surface area contributed by atoms with E-state index >= 15 is 0 Å². The van der Waals surface area contributed by atoms with Gasteiger partial charge in [-0.1, -0.05) is 12.1 Å². The van der Waals surface area contributed by atoms with Crippen molar-refractivity contribution < 1.29 is 14.3 Å². The number of nitriles is 1. The van der Waals surface area contributed by atoms with Gasteiger partial charge in [-0.2, -0.15) is 5.26 Å². The average molecular weight is 469 g/mol. The average Bonchev–Trinajstić information content (AvgIpc) is 3.66. The van der Waals surface area contributed by atoms with Gasteiger partial charge in [0.25, 0.3) is 5.91 Å². The van der Waals surface area contributed by atoms with E-state index in [4.69, 9.17) is 10.5 Å². The molecule has 1 aromatic heterocycles. The molecule has 2 heterocycles. The van der Waals surface area contributed by atoms with Gasteiger partial charge in [0.05, 0.1) is 28.8 Å². The molecule has 5 rings (SSSR count). The van der Waals surface area contributed by atoms with E-state index in [1.165, 1.54) is 0 Å². The van der Waals surface area contributed by atoms with E-state index in [2.05, 4.69) is 21.4 Å². The Bertz CT molecular complexity index is 1340. The molecule has 9 nitrogen and oxygen atoms in total. The van der Waals surface area contributed by atoms with Crippen LogP contribution in [-0.4, -0.2) is 53.0 Å². The zero-order valence-corrected chi connectivity index (χ0v) is 19.2. The number of aromatic nitrogens is 2. The van der Waals surface area contributed by atoms with Crippen LogP contribution >= 0.6 is 0 Å². The minimum Gasteiger partial charge on any atom is -0.378 e. The molecule has 0 radical (unpaired) electrons. The Labute approximate surface area is 202 Å². The number of ether oxygens (including phenoxy) is 1. The molecule has 2 fully saturated rings. The summed E-state index contributed by atoms with van der Waals surface area (Å²) in [4.78, 5) is 35.0. The smallest absolute Gasteiger partial charge is 0.254 e. The molecular formula is C26H24N6O3. The summed E-state index contributed by atoms with van der Waals surface area (Å²) in [6.45, 7) is 1.21. The van der Waals surface area contributed by atoms with Crippen LogP contribution in [0.1, 0.15) is 34.3 Å². The highest BCUT2D eigenvalue weighted by atomic mass is 16.5. The summed E-state index contributed by atoms with van der Waals surface area (Å²) >= 11 is 0. The number of nitrogens with one attached hydrogen (secondary N) is 1. The van der Waals surface area contributed by atoms with Gasteiger partial charge in [-0.05, 0) is 54.8 Å². The van der Waals surface area contributed by atoms with Crippen molar-refractivity contribution in [2.75, 3.05) is 25.5 Å². The molecule has 3 N–H and O–H groups in total. The van der Waals surface area contributed by atoms with Crippen molar-refractivity contribution in [1.29, 1.82) is 5.26 Å². The highest BCUT2D eigenvalue weighted by Crippen LogP contribution is 2.49. The minimum atomic E-state index is -0.726. The second-order valence-corrected chi connectivity index (χ2v) is 8.85. The molecule has 1 aliphatic heterocycles. The zero-order valence-electron chi connectivity index (χ0n) is 19.2. The molecule has 2 aliphatic rings. The van der Waals surface area contributed by atoms with Crippen LogP contribution in [0.15, 0.2) is 54.7 Å². The first-order chi connectivity index (χ1) is 16.9. The Morgan fingerprint density at radius 2 is 1.91 bits per heavy atom. The number of nitrogens with two attached hydrogens (primary N) is 1. The lowest BCUT2D eigenvalue weighted by Crippen LogP contribution is -2.54. The van der Waals surface area contributed by atoms with Crippen molar-refractivity contribution in [2.24, 2.45) is 5.73 Å². The molecular weight excluding hydrogens is 444 g/mol. The van der Waals surface area contributed by atoms with Crippen LogP contribution in [-0.2, 0) is 14.9 Å². The van der Waals surface area contributed by atoms with Gasteiger partial charge in [-0.25, -0.2) is 9.97 Å². The lowest BCUT2D eigenvalue weighted by Gasteiger charge is -2.38. The van der Waals surface area contributed by atoms with Crippen LogP contribution in [0, 0.1) is 11.3 Å². The van der Waals surface area contributed by atoms with E-state index in [0.29, 0.717) is 54.3 Å². The third kappa shape index (κ3) is 4.20. The fraction of sp³-hybridized carbons (Fsp3) is 0.269. The van der Waals surface area contributed by atoms with Crippen molar-refractivity contribution in [3.8, 4) is 17.3 Å². The normalized spacial score (nSPS) is 16.2. The van der Waals surface area contributed by atoms with Crippen molar-refractivity contribution in [1.82, 2.24) is 14.9 Å². The number of hydrogen-bond donors (Lipinski definition) is 2. The number of carbonyl (C=O) groups is 2. The van der Waals surface area contributed by atoms with Gasteiger partial charge in [0.1, 0.15) is 0 Å². The molecule has 2 amide bonds. The van der Waals surface area contributed by atoms with Gasteiger partial charge in [-0.15, -0.1) is 0 Å². The van der Waals surface area contributed by atoms with Crippen LogP contribution in [0.2, 0.25) is 0 Å². The standard InChI is InChI=1S/C26H24N6O3/c1-35-20-14-32(15-20)23(33)16-2-5-19(6-3-16)30-25-29-11-8-22(31-25)17-4-7-21(18(12-17)13-27)26(9-10-26)24(28)34/h2-8,11-12,20H,9-10,14-15H2,1H3,(H2,28,34)(H,29,30,31).